The summed E-state index contributed by atoms with van der Waals surface area (Å²) in [6, 6.07) is 10.3. The Hall–Kier alpha value is -2.26. The number of thiophene rings is 1. The van der Waals surface area contributed by atoms with Crippen LogP contribution < -0.4 is 4.72 Å². The zero-order valence-corrected chi connectivity index (χ0v) is 13.5. The van der Waals surface area contributed by atoms with Crippen LogP contribution >= 0.6 is 11.3 Å². The average Bonchev–Trinajstić information content (AvgIpc) is 3.07. The Morgan fingerprint density at radius 3 is 2.64 bits per heavy atom. The molecule has 9 heteroatoms. The SMILES string of the molecule is Cc1ccc(S(=O)(=O)Nc2cccc(-n3nnnc3C)c2)s1. The first-order valence-electron chi connectivity index (χ1n) is 6.40. The number of anilines is 1. The fourth-order valence-corrected chi connectivity index (χ4v) is 4.27. The lowest BCUT2D eigenvalue weighted by molar-refractivity contribution is 0.603. The van der Waals surface area contributed by atoms with Crippen LogP contribution in [0.15, 0.2) is 40.6 Å². The van der Waals surface area contributed by atoms with E-state index in [1.54, 1.807) is 43.3 Å². The van der Waals surface area contributed by atoms with Gasteiger partial charge in [-0.05, 0) is 54.6 Å². The predicted octanol–water partition coefficient (Wildman–Crippen LogP) is 2.14. The Bertz CT molecular complexity index is 914. The third-order valence-electron chi connectivity index (χ3n) is 2.95. The van der Waals surface area contributed by atoms with Gasteiger partial charge in [0.1, 0.15) is 4.21 Å². The van der Waals surface area contributed by atoms with Crippen LogP contribution in [0, 0.1) is 13.8 Å². The van der Waals surface area contributed by atoms with Crippen molar-refractivity contribution in [1.82, 2.24) is 20.2 Å². The van der Waals surface area contributed by atoms with Crippen LogP contribution in [0.1, 0.15) is 10.7 Å². The number of tetrazole rings is 1. The van der Waals surface area contributed by atoms with E-state index < -0.39 is 10.0 Å². The summed E-state index contributed by atoms with van der Waals surface area (Å²) in [7, 11) is -3.58. The van der Waals surface area contributed by atoms with Gasteiger partial charge in [0, 0.05) is 4.88 Å². The van der Waals surface area contributed by atoms with Crippen molar-refractivity contribution in [2.75, 3.05) is 4.72 Å². The maximum Gasteiger partial charge on any atom is 0.271 e. The molecule has 1 aromatic carbocycles. The largest absolute Gasteiger partial charge is 0.279 e. The summed E-state index contributed by atoms with van der Waals surface area (Å²) in [6.45, 7) is 3.63. The lowest BCUT2D eigenvalue weighted by atomic mass is 10.3. The quantitative estimate of drug-likeness (QED) is 0.789. The van der Waals surface area contributed by atoms with Gasteiger partial charge in [-0.25, -0.2) is 8.42 Å². The number of aromatic nitrogens is 4. The van der Waals surface area contributed by atoms with Crippen molar-refractivity contribution in [3.8, 4) is 5.69 Å². The number of aryl methyl sites for hydroxylation is 2. The molecule has 1 N–H and O–H groups in total. The minimum Gasteiger partial charge on any atom is -0.279 e. The maximum absolute atomic E-state index is 12.3. The number of sulfonamides is 1. The summed E-state index contributed by atoms with van der Waals surface area (Å²) < 4.78 is 29.1. The molecule has 3 rings (SSSR count). The summed E-state index contributed by atoms with van der Waals surface area (Å²) >= 11 is 1.23. The molecule has 2 aromatic heterocycles. The molecule has 22 heavy (non-hydrogen) atoms. The monoisotopic (exact) mass is 335 g/mol. The first-order valence-corrected chi connectivity index (χ1v) is 8.70. The maximum atomic E-state index is 12.3. The minimum atomic E-state index is -3.58. The van der Waals surface area contributed by atoms with Crippen LogP contribution in [0.4, 0.5) is 5.69 Å². The normalized spacial score (nSPS) is 11.5. The van der Waals surface area contributed by atoms with Crippen molar-refractivity contribution in [3.63, 3.8) is 0 Å². The predicted molar refractivity (Wildman–Crippen MR) is 83.8 cm³/mol. The third-order valence-corrected chi connectivity index (χ3v) is 5.82. The standard InChI is InChI=1S/C13H13N5O2S2/c1-9-6-7-13(21-9)22(19,20)15-11-4-3-5-12(8-11)18-10(2)14-16-17-18/h3-8,15H,1-2H3. The molecule has 2 heterocycles. The van der Waals surface area contributed by atoms with Gasteiger partial charge in [-0.2, -0.15) is 4.68 Å². The summed E-state index contributed by atoms with van der Waals surface area (Å²) in [4.78, 5) is 0.943. The lowest BCUT2D eigenvalue weighted by Crippen LogP contribution is -2.12. The second kappa shape index (κ2) is 5.50. The molecule has 0 radical (unpaired) electrons. The van der Waals surface area contributed by atoms with E-state index >= 15 is 0 Å². The number of hydrogen-bond donors (Lipinski definition) is 1. The zero-order chi connectivity index (χ0) is 15.7. The van der Waals surface area contributed by atoms with Gasteiger partial charge in [0.2, 0.25) is 0 Å². The van der Waals surface area contributed by atoms with Crippen LogP contribution in [0.25, 0.3) is 5.69 Å². The molecule has 114 valence electrons. The Labute approximate surface area is 131 Å². The van der Waals surface area contributed by atoms with Crippen molar-refractivity contribution in [2.45, 2.75) is 18.1 Å². The number of benzene rings is 1. The molecule has 0 aliphatic rings. The van der Waals surface area contributed by atoms with Crippen LogP contribution in [-0.4, -0.2) is 28.6 Å². The first-order chi connectivity index (χ1) is 10.5. The first kappa shape index (κ1) is 14.7. The van der Waals surface area contributed by atoms with Crippen molar-refractivity contribution >= 4 is 27.0 Å². The summed E-state index contributed by atoms with van der Waals surface area (Å²) in [5.74, 6) is 0.619. The Morgan fingerprint density at radius 2 is 2.00 bits per heavy atom. The molecule has 0 aliphatic heterocycles. The fourth-order valence-electron chi connectivity index (χ4n) is 1.93. The van der Waals surface area contributed by atoms with E-state index in [1.165, 1.54) is 16.0 Å². The van der Waals surface area contributed by atoms with Crippen molar-refractivity contribution in [3.05, 3.63) is 47.1 Å². The molecule has 0 bridgehead atoms. The van der Waals surface area contributed by atoms with Crippen LogP contribution in [0.5, 0.6) is 0 Å². The average molecular weight is 335 g/mol. The third kappa shape index (κ3) is 2.85. The molecule has 0 fully saturated rings. The molecule has 0 amide bonds. The van der Waals surface area contributed by atoms with Gasteiger partial charge in [-0.1, -0.05) is 6.07 Å². The molecule has 0 atom stereocenters. The van der Waals surface area contributed by atoms with E-state index in [4.69, 9.17) is 0 Å². The van der Waals surface area contributed by atoms with Gasteiger partial charge in [-0.3, -0.25) is 4.72 Å². The Kier molecular flexibility index (Phi) is 3.67. The van der Waals surface area contributed by atoms with Crippen LogP contribution in [0.2, 0.25) is 0 Å². The highest BCUT2D eigenvalue weighted by Crippen LogP contribution is 2.24. The number of rotatable bonds is 4. The van der Waals surface area contributed by atoms with Gasteiger partial charge in [0.25, 0.3) is 10.0 Å². The topological polar surface area (TPSA) is 89.8 Å². The van der Waals surface area contributed by atoms with Gasteiger partial charge < -0.3 is 0 Å². The van der Waals surface area contributed by atoms with Gasteiger partial charge in [0.15, 0.2) is 5.82 Å². The molecule has 7 nitrogen and oxygen atoms in total. The van der Waals surface area contributed by atoms with Crippen molar-refractivity contribution in [1.29, 1.82) is 0 Å². The summed E-state index contributed by atoms with van der Waals surface area (Å²) in [5, 5.41) is 11.3. The van der Waals surface area contributed by atoms with E-state index in [2.05, 4.69) is 20.2 Å². The zero-order valence-electron chi connectivity index (χ0n) is 11.9. The van der Waals surface area contributed by atoms with Gasteiger partial charge in [0.05, 0.1) is 11.4 Å². The molecular formula is C13H13N5O2S2. The smallest absolute Gasteiger partial charge is 0.271 e. The van der Waals surface area contributed by atoms with Crippen LogP contribution in [0.3, 0.4) is 0 Å². The van der Waals surface area contributed by atoms with Gasteiger partial charge >= 0.3 is 0 Å². The minimum absolute atomic E-state index is 0.286. The molecular weight excluding hydrogens is 322 g/mol. The highest BCUT2D eigenvalue weighted by molar-refractivity contribution is 7.94. The van der Waals surface area contributed by atoms with E-state index in [0.29, 0.717) is 17.2 Å². The van der Waals surface area contributed by atoms with E-state index in [0.717, 1.165) is 4.88 Å². The highest BCUT2D eigenvalue weighted by Gasteiger charge is 2.16. The molecule has 3 aromatic rings. The Balaban J connectivity index is 1.92. The van der Waals surface area contributed by atoms with E-state index in [1.807, 2.05) is 6.92 Å². The number of nitrogens with one attached hydrogen (secondary N) is 1. The van der Waals surface area contributed by atoms with Crippen molar-refractivity contribution in [2.24, 2.45) is 0 Å². The lowest BCUT2D eigenvalue weighted by Gasteiger charge is -2.08. The van der Waals surface area contributed by atoms with E-state index in [-0.39, 0.29) is 4.21 Å². The second-order valence-corrected chi connectivity index (χ2v) is 7.86. The fraction of sp³-hybridized carbons (Fsp3) is 0.154. The summed E-state index contributed by atoms with van der Waals surface area (Å²) in [6.07, 6.45) is 0. The van der Waals surface area contributed by atoms with Crippen molar-refractivity contribution < 1.29 is 8.42 Å². The number of nitrogens with zero attached hydrogens (tertiary/aromatic N) is 4. The van der Waals surface area contributed by atoms with Gasteiger partial charge in [-0.15, -0.1) is 16.4 Å². The van der Waals surface area contributed by atoms with E-state index in [9.17, 15) is 8.42 Å². The molecule has 0 spiro atoms. The Morgan fingerprint density at radius 1 is 1.18 bits per heavy atom. The highest BCUT2D eigenvalue weighted by atomic mass is 32.2. The molecule has 0 aliphatic carbocycles. The molecule has 0 saturated carbocycles. The molecule has 0 saturated heterocycles. The molecule has 0 unspecified atom stereocenters. The summed E-state index contributed by atoms with van der Waals surface area (Å²) in [5.41, 5.74) is 1.14. The second-order valence-electron chi connectivity index (χ2n) is 4.66. The number of hydrogen-bond acceptors (Lipinski definition) is 6. The van der Waals surface area contributed by atoms with Crippen LogP contribution in [-0.2, 0) is 10.0 Å².